The summed E-state index contributed by atoms with van der Waals surface area (Å²) in [6, 6.07) is 0. The summed E-state index contributed by atoms with van der Waals surface area (Å²) in [5, 5.41) is 40.1. The summed E-state index contributed by atoms with van der Waals surface area (Å²) in [6.45, 7) is 0.877. The second-order valence-electron chi connectivity index (χ2n) is 4.99. The molecule has 0 aromatic rings. The molecular weight excluding hydrogens is 300 g/mol. The van der Waals surface area contributed by atoms with Crippen molar-refractivity contribution in [1.29, 1.82) is 0 Å². The van der Waals surface area contributed by atoms with Gasteiger partial charge in [-0.25, -0.2) is 0 Å². The number of Topliss-reactive ketones (excluding diaryl/α,β-unsaturated/α-hetero) is 5. The largest absolute Gasteiger partial charge is 0.393 e. The number of hydrogen-bond donors (Lipinski definition) is 4. The summed E-state index contributed by atoms with van der Waals surface area (Å²) in [6.07, 6.45) is 0. The van der Waals surface area contributed by atoms with E-state index >= 15 is 0 Å². The molecule has 0 aromatic carbocycles. The molecule has 0 bridgehead atoms. The number of ketones is 5. The van der Waals surface area contributed by atoms with E-state index in [0.29, 0.717) is 27.7 Å². The number of carbonyl (C=O) groups is 5. The van der Waals surface area contributed by atoms with E-state index in [9.17, 15) is 44.4 Å². The minimum Gasteiger partial charge on any atom is -0.393 e. The van der Waals surface area contributed by atoms with E-state index in [4.69, 9.17) is 0 Å². The van der Waals surface area contributed by atoms with E-state index in [1.807, 2.05) is 0 Å². The molecule has 0 saturated carbocycles. The van der Waals surface area contributed by atoms with Crippen molar-refractivity contribution in [2.45, 2.75) is 44.5 Å². The lowest BCUT2D eigenvalue weighted by atomic mass is 9.63. The van der Waals surface area contributed by atoms with Crippen molar-refractivity contribution in [3.8, 4) is 0 Å². The maximum absolute atomic E-state index is 11.9. The van der Waals surface area contributed by atoms with Gasteiger partial charge in [0.05, 0.1) is 6.61 Å². The Morgan fingerprint density at radius 2 is 1.18 bits per heavy atom. The Kier molecular flexibility index (Phi) is 5.62. The zero-order chi connectivity index (χ0) is 18.1. The fraction of sp³-hybridized carbons (Fsp3) is 0.615. The van der Waals surface area contributed by atoms with Gasteiger partial charge in [0, 0.05) is 6.92 Å². The van der Waals surface area contributed by atoms with Crippen molar-refractivity contribution < 1.29 is 44.4 Å². The van der Waals surface area contributed by atoms with Crippen LogP contribution in [0.25, 0.3) is 0 Å². The lowest BCUT2D eigenvalue weighted by Gasteiger charge is -2.46. The first kappa shape index (κ1) is 20.2. The molecule has 0 rings (SSSR count). The third-order valence-electron chi connectivity index (χ3n) is 3.60. The van der Waals surface area contributed by atoms with Crippen LogP contribution >= 0.6 is 0 Å². The van der Waals surface area contributed by atoms with Crippen LogP contribution in [0.2, 0.25) is 0 Å². The Bertz CT molecular complexity index is 552. The van der Waals surface area contributed by atoms with Gasteiger partial charge in [0.1, 0.15) is 0 Å². The first-order chi connectivity index (χ1) is 9.74. The highest BCUT2D eigenvalue weighted by Gasteiger charge is 2.72. The smallest absolute Gasteiger partial charge is 0.240 e. The Labute approximate surface area is 125 Å². The molecule has 124 valence electrons. The van der Waals surface area contributed by atoms with Gasteiger partial charge in [-0.15, -0.1) is 0 Å². The van der Waals surface area contributed by atoms with Gasteiger partial charge in [0.2, 0.25) is 17.0 Å². The molecule has 0 spiro atoms. The highest BCUT2D eigenvalue weighted by atomic mass is 16.4. The van der Waals surface area contributed by atoms with Crippen molar-refractivity contribution in [3.63, 3.8) is 0 Å². The molecule has 4 N–H and O–H groups in total. The van der Waals surface area contributed by atoms with Gasteiger partial charge in [-0.05, 0) is 20.8 Å². The molecule has 0 fully saturated rings. The average Bonchev–Trinajstić information content (AvgIpc) is 2.42. The second-order valence-corrected chi connectivity index (χ2v) is 4.99. The molecule has 0 amide bonds. The van der Waals surface area contributed by atoms with E-state index in [-0.39, 0.29) is 0 Å². The van der Waals surface area contributed by atoms with Gasteiger partial charge < -0.3 is 20.4 Å². The van der Waals surface area contributed by atoms with Crippen molar-refractivity contribution in [1.82, 2.24) is 0 Å². The molecule has 0 aliphatic heterocycles. The molecule has 0 radical (unpaired) electrons. The third kappa shape index (κ3) is 2.41. The van der Waals surface area contributed by atoms with Crippen LogP contribution in [0.3, 0.4) is 0 Å². The van der Waals surface area contributed by atoms with Gasteiger partial charge in [-0.1, -0.05) is 0 Å². The monoisotopic (exact) mass is 318 g/mol. The topological polar surface area (TPSA) is 166 Å². The Morgan fingerprint density at radius 1 is 0.773 bits per heavy atom. The minimum atomic E-state index is -3.74. The van der Waals surface area contributed by atoms with E-state index in [0.717, 1.165) is 0 Å². The maximum Gasteiger partial charge on any atom is 0.240 e. The fourth-order valence-electron chi connectivity index (χ4n) is 2.16. The minimum absolute atomic E-state index is 0.574. The molecule has 0 unspecified atom stereocenters. The third-order valence-corrected chi connectivity index (χ3v) is 3.60. The molecule has 3 atom stereocenters. The van der Waals surface area contributed by atoms with Crippen LogP contribution < -0.4 is 0 Å². The first-order valence-corrected chi connectivity index (χ1v) is 6.11. The molecule has 0 saturated heterocycles. The van der Waals surface area contributed by atoms with Crippen LogP contribution in [0.1, 0.15) is 27.7 Å². The predicted octanol–water partition coefficient (Wildman–Crippen LogP) is -2.90. The van der Waals surface area contributed by atoms with Gasteiger partial charge >= 0.3 is 0 Å². The average molecular weight is 318 g/mol. The molecule has 0 aliphatic rings. The van der Waals surface area contributed by atoms with E-state index < -0.39 is 52.3 Å². The molecule has 9 nitrogen and oxygen atoms in total. The Balaban J connectivity index is 6.88. The molecule has 0 aliphatic carbocycles. The second kappa shape index (κ2) is 6.13. The van der Waals surface area contributed by atoms with Gasteiger partial charge in [-0.2, -0.15) is 0 Å². The predicted molar refractivity (Wildman–Crippen MR) is 69.7 cm³/mol. The van der Waals surface area contributed by atoms with E-state index in [1.165, 1.54) is 0 Å². The SMILES string of the molecule is CC(=O)C(=O)[C@@](O)(C(C)=O)[C@](O)(C(C)=O)[C@@](O)(CO)C(C)=O. The van der Waals surface area contributed by atoms with Crippen LogP contribution in [0, 0.1) is 0 Å². The number of aliphatic hydroxyl groups is 4. The molecule has 22 heavy (non-hydrogen) atoms. The lowest BCUT2D eigenvalue weighted by molar-refractivity contribution is -0.231. The van der Waals surface area contributed by atoms with Crippen LogP contribution in [-0.4, -0.2) is 72.8 Å². The van der Waals surface area contributed by atoms with Crippen molar-refractivity contribution >= 4 is 28.9 Å². The Hall–Kier alpha value is -1.81. The molecule has 0 heterocycles. The number of hydrogen-bond acceptors (Lipinski definition) is 9. The zero-order valence-corrected chi connectivity index (χ0v) is 12.5. The quantitative estimate of drug-likeness (QED) is 0.271. The summed E-state index contributed by atoms with van der Waals surface area (Å²) in [7, 11) is 0. The number of rotatable bonds is 8. The first-order valence-electron chi connectivity index (χ1n) is 6.11. The molecule has 0 aromatic heterocycles. The Morgan fingerprint density at radius 3 is 1.36 bits per heavy atom. The standard InChI is InChI=1S/C13H18O9/c1-6(15)10(19)12(21,8(3)17)13(22,9(4)18)11(20,5-14)7(2)16/h14,20-22H,5H2,1-4H3/t11-,12+,13+/m1/s1. The fourth-order valence-corrected chi connectivity index (χ4v) is 2.16. The zero-order valence-electron chi connectivity index (χ0n) is 12.5. The van der Waals surface area contributed by atoms with Crippen molar-refractivity contribution in [2.75, 3.05) is 6.61 Å². The summed E-state index contributed by atoms with van der Waals surface area (Å²) in [5.74, 6) is -7.82. The lowest BCUT2D eigenvalue weighted by Crippen LogP contribution is -2.79. The number of aliphatic hydroxyl groups excluding tert-OH is 1. The molecular formula is C13H18O9. The maximum atomic E-state index is 11.9. The summed E-state index contributed by atoms with van der Waals surface area (Å²) in [4.78, 5) is 58.2. The summed E-state index contributed by atoms with van der Waals surface area (Å²) >= 11 is 0. The van der Waals surface area contributed by atoms with Gasteiger partial charge in [0.25, 0.3) is 0 Å². The summed E-state index contributed by atoms with van der Waals surface area (Å²) < 4.78 is 0. The van der Waals surface area contributed by atoms with Gasteiger partial charge in [0.15, 0.2) is 28.7 Å². The van der Waals surface area contributed by atoms with E-state index in [2.05, 4.69) is 0 Å². The highest BCUT2D eigenvalue weighted by molar-refractivity contribution is 6.45. The molecule has 9 heteroatoms. The van der Waals surface area contributed by atoms with Gasteiger partial charge in [-0.3, -0.25) is 24.0 Å². The normalized spacial score (nSPS) is 19.3. The van der Waals surface area contributed by atoms with Crippen molar-refractivity contribution in [2.24, 2.45) is 0 Å². The van der Waals surface area contributed by atoms with E-state index in [1.54, 1.807) is 0 Å². The van der Waals surface area contributed by atoms with Crippen LogP contribution in [-0.2, 0) is 24.0 Å². The number of carbonyl (C=O) groups excluding carboxylic acids is 5. The highest BCUT2D eigenvalue weighted by Crippen LogP contribution is 2.37. The van der Waals surface area contributed by atoms with Crippen LogP contribution in [0.15, 0.2) is 0 Å². The van der Waals surface area contributed by atoms with Crippen LogP contribution in [0.5, 0.6) is 0 Å². The van der Waals surface area contributed by atoms with Crippen LogP contribution in [0.4, 0.5) is 0 Å². The van der Waals surface area contributed by atoms with Crippen molar-refractivity contribution in [3.05, 3.63) is 0 Å². The summed E-state index contributed by atoms with van der Waals surface area (Å²) in [5.41, 5.74) is -10.8.